The molecule has 1 unspecified atom stereocenters. The summed E-state index contributed by atoms with van der Waals surface area (Å²) in [6.07, 6.45) is 0. The fourth-order valence-electron chi connectivity index (χ4n) is 3.48. The van der Waals surface area contributed by atoms with Crippen molar-refractivity contribution < 1.29 is 35.6 Å². The van der Waals surface area contributed by atoms with Crippen LogP contribution in [0.4, 0.5) is 8.78 Å². The minimum atomic E-state index is -4.10. The van der Waals surface area contributed by atoms with Gasteiger partial charge in [0.05, 0.1) is 0 Å². The summed E-state index contributed by atoms with van der Waals surface area (Å²) in [6.45, 7) is 0.824. The number of benzene rings is 3. The largest absolute Gasteiger partial charge is 0.486 e. The quantitative estimate of drug-likeness (QED) is 0.521. The Morgan fingerprint density at radius 2 is 1.58 bits per heavy atom. The van der Waals surface area contributed by atoms with Gasteiger partial charge in [0.2, 0.25) is 5.90 Å². The number of rotatable bonds is 5. The average molecular weight is 473 g/mol. The predicted molar refractivity (Wildman–Crippen MR) is 113 cm³/mol. The van der Waals surface area contributed by atoms with Crippen molar-refractivity contribution in [2.45, 2.75) is 10.9 Å². The molecule has 10 heteroatoms. The van der Waals surface area contributed by atoms with Crippen LogP contribution in [0.2, 0.25) is 0 Å². The second kappa shape index (κ2) is 8.36. The molecule has 5 rings (SSSR count). The molecule has 3 aromatic carbocycles. The van der Waals surface area contributed by atoms with Crippen LogP contribution >= 0.6 is 0 Å². The molecule has 0 N–H and O–H groups in total. The monoisotopic (exact) mass is 473 g/mol. The molecule has 3 aromatic rings. The minimum absolute atomic E-state index is 0.0684. The Hall–Kier alpha value is -3.66. The maximum absolute atomic E-state index is 14.0. The van der Waals surface area contributed by atoms with Gasteiger partial charge in [-0.3, -0.25) is 0 Å². The summed E-state index contributed by atoms with van der Waals surface area (Å²) in [5, 5.41) is 0. The van der Waals surface area contributed by atoms with E-state index < -0.39 is 27.8 Å². The van der Waals surface area contributed by atoms with Crippen LogP contribution in [0.3, 0.4) is 0 Å². The molecule has 0 aromatic heterocycles. The standard InChI is InChI=1S/C23H17F2NO6S/c24-17-2-1-3-18(25)22(17)23-26-19(13-31-23)14-4-6-15(7-5-14)32-33(27,28)16-8-9-20-21(12-16)30-11-10-29-20/h1-9,12,19H,10-11,13H2. The van der Waals surface area contributed by atoms with E-state index >= 15 is 0 Å². The number of ether oxygens (including phenoxy) is 3. The van der Waals surface area contributed by atoms with Gasteiger partial charge < -0.3 is 18.4 Å². The van der Waals surface area contributed by atoms with E-state index in [0.29, 0.717) is 30.3 Å². The molecular formula is C23H17F2NO6S. The van der Waals surface area contributed by atoms with E-state index in [1.165, 1.54) is 36.4 Å². The highest BCUT2D eigenvalue weighted by molar-refractivity contribution is 7.87. The van der Waals surface area contributed by atoms with Crippen molar-refractivity contribution in [3.8, 4) is 17.2 Å². The number of fused-ring (bicyclic) bond motifs is 1. The van der Waals surface area contributed by atoms with Gasteiger partial charge in [-0.25, -0.2) is 13.8 Å². The van der Waals surface area contributed by atoms with Crippen molar-refractivity contribution in [3.05, 3.63) is 83.4 Å². The maximum Gasteiger partial charge on any atom is 0.339 e. The summed E-state index contributed by atoms with van der Waals surface area (Å²) in [7, 11) is -4.10. The lowest BCUT2D eigenvalue weighted by atomic mass is 10.1. The summed E-state index contributed by atoms with van der Waals surface area (Å²) in [5.41, 5.74) is 0.358. The van der Waals surface area contributed by atoms with E-state index in [9.17, 15) is 17.2 Å². The van der Waals surface area contributed by atoms with E-state index in [0.717, 1.165) is 12.1 Å². The van der Waals surface area contributed by atoms with E-state index in [4.69, 9.17) is 18.4 Å². The Kier molecular flexibility index (Phi) is 5.37. The highest BCUT2D eigenvalue weighted by Gasteiger charge is 2.26. The second-order valence-corrected chi connectivity index (χ2v) is 8.82. The number of halogens is 2. The Morgan fingerprint density at radius 3 is 2.30 bits per heavy atom. The number of hydrogen-bond acceptors (Lipinski definition) is 7. The Bertz CT molecular complexity index is 1320. The molecule has 2 aliphatic rings. The topological polar surface area (TPSA) is 83.4 Å². The van der Waals surface area contributed by atoms with E-state index in [-0.39, 0.29) is 28.7 Å². The molecule has 2 heterocycles. The van der Waals surface area contributed by atoms with Crippen LogP contribution < -0.4 is 13.7 Å². The Labute approximate surface area is 188 Å². The lowest BCUT2D eigenvalue weighted by Crippen LogP contribution is -2.16. The molecule has 170 valence electrons. The zero-order valence-electron chi connectivity index (χ0n) is 17.0. The Balaban J connectivity index is 1.32. The average Bonchev–Trinajstić information content (AvgIpc) is 3.28. The van der Waals surface area contributed by atoms with Crippen molar-refractivity contribution in [3.63, 3.8) is 0 Å². The van der Waals surface area contributed by atoms with Gasteiger partial charge in [0.25, 0.3) is 0 Å². The Morgan fingerprint density at radius 1 is 0.879 bits per heavy atom. The van der Waals surface area contributed by atoms with Crippen LogP contribution in [0, 0.1) is 11.6 Å². The molecule has 1 atom stereocenters. The van der Waals surface area contributed by atoms with Gasteiger partial charge in [-0.05, 0) is 42.0 Å². The van der Waals surface area contributed by atoms with Crippen molar-refractivity contribution in [2.75, 3.05) is 19.8 Å². The van der Waals surface area contributed by atoms with Crippen LogP contribution in [0.25, 0.3) is 0 Å². The third kappa shape index (κ3) is 4.21. The molecule has 0 saturated heterocycles. The first-order valence-electron chi connectivity index (χ1n) is 10.00. The molecule has 0 aliphatic carbocycles. The summed E-state index contributed by atoms with van der Waals surface area (Å²) < 4.78 is 74.7. The van der Waals surface area contributed by atoms with E-state index in [2.05, 4.69) is 4.99 Å². The van der Waals surface area contributed by atoms with Crippen LogP contribution in [-0.2, 0) is 14.9 Å². The van der Waals surface area contributed by atoms with Gasteiger partial charge in [-0.1, -0.05) is 18.2 Å². The van der Waals surface area contributed by atoms with Gasteiger partial charge in [0, 0.05) is 6.07 Å². The van der Waals surface area contributed by atoms with Gasteiger partial charge in [0.1, 0.15) is 53.7 Å². The number of nitrogens with zero attached hydrogens (tertiary/aromatic N) is 1. The molecule has 0 bridgehead atoms. The second-order valence-electron chi connectivity index (χ2n) is 7.27. The van der Waals surface area contributed by atoms with E-state index in [1.54, 1.807) is 12.1 Å². The molecule has 33 heavy (non-hydrogen) atoms. The number of aliphatic imine (C=N–C) groups is 1. The van der Waals surface area contributed by atoms with Gasteiger partial charge in [-0.15, -0.1) is 0 Å². The molecule has 0 spiro atoms. The van der Waals surface area contributed by atoms with Crippen molar-refractivity contribution in [1.29, 1.82) is 0 Å². The fraction of sp³-hybridized carbons (Fsp3) is 0.174. The summed E-state index contributed by atoms with van der Waals surface area (Å²) in [6, 6.07) is 13.5. The van der Waals surface area contributed by atoms with Crippen molar-refractivity contribution in [2.24, 2.45) is 4.99 Å². The highest BCUT2D eigenvalue weighted by atomic mass is 32.2. The molecule has 7 nitrogen and oxygen atoms in total. The smallest absolute Gasteiger partial charge is 0.339 e. The lowest BCUT2D eigenvalue weighted by Gasteiger charge is -2.18. The van der Waals surface area contributed by atoms with Gasteiger partial charge >= 0.3 is 10.1 Å². The third-order valence-corrected chi connectivity index (χ3v) is 6.34. The SMILES string of the molecule is O=S(=O)(Oc1ccc(C2COC(c3c(F)cccc3F)=N2)cc1)c1ccc2c(c1)OCCO2. The predicted octanol–water partition coefficient (Wildman–Crippen LogP) is 4.02. The van der Waals surface area contributed by atoms with Crippen molar-refractivity contribution >= 4 is 16.0 Å². The lowest BCUT2D eigenvalue weighted by molar-refractivity contribution is 0.171. The van der Waals surface area contributed by atoms with Crippen molar-refractivity contribution in [1.82, 2.24) is 0 Å². The number of hydrogen-bond donors (Lipinski definition) is 0. The first-order chi connectivity index (χ1) is 15.9. The van der Waals surface area contributed by atoms with Crippen LogP contribution in [-0.4, -0.2) is 34.1 Å². The van der Waals surface area contributed by atoms with Crippen LogP contribution in [0.5, 0.6) is 17.2 Å². The minimum Gasteiger partial charge on any atom is -0.486 e. The molecule has 2 aliphatic heterocycles. The third-order valence-electron chi connectivity index (χ3n) is 5.10. The van der Waals surface area contributed by atoms with Crippen LogP contribution in [0.15, 0.2) is 70.6 Å². The van der Waals surface area contributed by atoms with Gasteiger partial charge in [-0.2, -0.15) is 8.42 Å². The normalized spacial score (nSPS) is 17.3. The highest BCUT2D eigenvalue weighted by Crippen LogP contribution is 2.33. The first-order valence-corrected chi connectivity index (χ1v) is 11.4. The van der Waals surface area contributed by atoms with E-state index in [1.807, 2.05) is 0 Å². The summed E-state index contributed by atoms with van der Waals surface area (Å²) in [4.78, 5) is 4.20. The summed E-state index contributed by atoms with van der Waals surface area (Å²) in [5.74, 6) is -0.736. The summed E-state index contributed by atoms with van der Waals surface area (Å²) >= 11 is 0. The molecular weight excluding hydrogens is 456 g/mol. The molecule has 0 fully saturated rings. The molecule has 0 saturated carbocycles. The first kappa shape index (κ1) is 21.2. The maximum atomic E-state index is 14.0. The van der Waals surface area contributed by atoms with Crippen LogP contribution in [0.1, 0.15) is 17.2 Å². The van der Waals surface area contributed by atoms with Gasteiger partial charge in [0.15, 0.2) is 11.5 Å². The zero-order chi connectivity index (χ0) is 23.0. The molecule has 0 radical (unpaired) electrons. The zero-order valence-corrected chi connectivity index (χ0v) is 17.8. The fourth-order valence-corrected chi connectivity index (χ4v) is 4.43. The molecule has 0 amide bonds.